The number of ether oxygens (including phenoxy) is 1. The van der Waals surface area contributed by atoms with Crippen LogP contribution in [0.5, 0.6) is 0 Å². The van der Waals surface area contributed by atoms with E-state index in [-0.39, 0.29) is 18.3 Å². The van der Waals surface area contributed by atoms with Gasteiger partial charge in [-0.25, -0.2) is 0 Å². The molecule has 2 saturated heterocycles. The van der Waals surface area contributed by atoms with Gasteiger partial charge < -0.3 is 14.0 Å². The van der Waals surface area contributed by atoms with E-state index in [1.165, 1.54) is 0 Å². The first kappa shape index (κ1) is 17.9. The molecule has 0 bridgehead atoms. The van der Waals surface area contributed by atoms with E-state index in [2.05, 4.69) is 53.7 Å². The van der Waals surface area contributed by atoms with E-state index in [1.54, 1.807) is 0 Å². The summed E-state index contributed by atoms with van der Waals surface area (Å²) in [6, 6.07) is 4.33. The Kier molecular flexibility index (Phi) is 4.80. The molecule has 0 atom stereocenters. The van der Waals surface area contributed by atoms with Crippen LogP contribution in [0.2, 0.25) is 0 Å². The third-order valence-corrected chi connectivity index (χ3v) is 5.64. The van der Waals surface area contributed by atoms with Gasteiger partial charge in [0, 0.05) is 30.5 Å². The summed E-state index contributed by atoms with van der Waals surface area (Å²) in [5.74, 6) is 0.851. The molecule has 1 aromatic rings. The zero-order chi connectivity index (χ0) is 17.5. The Morgan fingerprint density at radius 1 is 1.04 bits per heavy atom. The first-order valence-corrected chi connectivity index (χ1v) is 9.15. The topological polar surface area (TPSA) is 40.6 Å². The van der Waals surface area contributed by atoms with Gasteiger partial charge in [0.05, 0.1) is 11.2 Å². The summed E-state index contributed by atoms with van der Waals surface area (Å²) in [4.78, 5) is 4.93. The molecule has 0 amide bonds. The molecule has 3 heterocycles. The van der Waals surface area contributed by atoms with E-state index in [9.17, 15) is 0 Å². The number of hydrogen-bond acceptors (Lipinski definition) is 4. The molecule has 2 aliphatic rings. The lowest BCUT2D eigenvalue weighted by Crippen LogP contribution is -2.41. The highest BCUT2D eigenvalue weighted by atomic mass is 16.7. The molecule has 2 fully saturated rings. The zero-order valence-electron chi connectivity index (χ0n) is 15.9. The van der Waals surface area contributed by atoms with Gasteiger partial charge in [-0.3, -0.25) is 4.98 Å². The number of aromatic nitrogens is 1. The minimum absolute atomic E-state index is 0.322. The Hall–Kier alpha value is -0.905. The highest BCUT2D eigenvalue weighted by Crippen LogP contribution is 2.37. The molecule has 4 nitrogen and oxygen atoms in total. The second-order valence-electron chi connectivity index (χ2n) is 8.38. The quantitative estimate of drug-likeness (QED) is 0.796. The van der Waals surface area contributed by atoms with Gasteiger partial charge >= 0.3 is 7.12 Å². The van der Waals surface area contributed by atoms with E-state index >= 15 is 0 Å². The van der Waals surface area contributed by atoms with Crippen molar-refractivity contribution in [2.75, 3.05) is 13.2 Å². The molecule has 3 rings (SSSR count). The van der Waals surface area contributed by atoms with Crippen molar-refractivity contribution in [3.63, 3.8) is 0 Å². The monoisotopic (exact) mass is 331 g/mol. The first-order valence-electron chi connectivity index (χ1n) is 9.15. The van der Waals surface area contributed by atoms with Crippen molar-refractivity contribution in [2.45, 2.75) is 77.4 Å². The fourth-order valence-electron chi connectivity index (χ4n) is 3.21. The molecule has 0 unspecified atom stereocenters. The molecule has 1 aromatic heterocycles. The Labute approximate surface area is 146 Å². The largest absolute Gasteiger partial charge is 0.494 e. The standard InChI is InChI=1S/C19H30BNO3/c1-13(2)16-11-15(20-23-18(3,4)19(5,6)24-20)12-17(21-16)14-7-9-22-10-8-14/h11-14H,7-10H2,1-6H3. The summed E-state index contributed by atoms with van der Waals surface area (Å²) in [6.07, 6.45) is 2.08. The van der Waals surface area contributed by atoms with Gasteiger partial charge in [-0.15, -0.1) is 0 Å². The molecule has 5 heteroatoms. The van der Waals surface area contributed by atoms with Crippen molar-refractivity contribution in [1.29, 1.82) is 0 Å². The predicted molar refractivity (Wildman–Crippen MR) is 96.8 cm³/mol. The number of rotatable bonds is 3. The van der Waals surface area contributed by atoms with E-state index in [0.717, 1.165) is 42.9 Å². The second-order valence-corrected chi connectivity index (χ2v) is 8.38. The molecule has 132 valence electrons. The van der Waals surface area contributed by atoms with Gasteiger partial charge in [0.2, 0.25) is 0 Å². The van der Waals surface area contributed by atoms with Crippen molar-refractivity contribution in [2.24, 2.45) is 0 Å². The maximum Gasteiger partial charge on any atom is 0.494 e. The van der Waals surface area contributed by atoms with Gasteiger partial charge in [0.15, 0.2) is 0 Å². The fraction of sp³-hybridized carbons (Fsp3) is 0.737. The van der Waals surface area contributed by atoms with Crippen LogP contribution in [0.1, 0.15) is 77.6 Å². The summed E-state index contributed by atoms with van der Waals surface area (Å²) in [5, 5.41) is 0. The molecule has 0 saturated carbocycles. The average Bonchev–Trinajstić information content (AvgIpc) is 2.76. The summed E-state index contributed by atoms with van der Waals surface area (Å²) in [6.45, 7) is 14.4. The Morgan fingerprint density at radius 3 is 2.17 bits per heavy atom. The zero-order valence-corrected chi connectivity index (χ0v) is 15.9. The molecule has 0 aromatic carbocycles. The van der Waals surface area contributed by atoms with Gasteiger partial charge in [-0.1, -0.05) is 13.8 Å². The van der Waals surface area contributed by atoms with Crippen LogP contribution in [-0.4, -0.2) is 36.5 Å². The van der Waals surface area contributed by atoms with E-state index in [1.807, 2.05) is 0 Å². The Morgan fingerprint density at radius 2 is 1.62 bits per heavy atom. The highest BCUT2D eigenvalue weighted by molar-refractivity contribution is 6.62. The predicted octanol–water partition coefficient (Wildman–Crippen LogP) is 3.40. The van der Waals surface area contributed by atoms with Crippen LogP contribution >= 0.6 is 0 Å². The maximum atomic E-state index is 6.25. The second kappa shape index (κ2) is 6.43. The third-order valence-electron chi connectivity index (χ3n) is 5.64. The molecule has 0 aliphatic carbocycles. The smallest absolute Gasteiger partial charge is 0.399 e. The van der Waals surface area contributed by atoms with Gasteiger partial charge in [-0.2, -0.15) is 0 Å². The van der Waals surface area contributed by atoms with Gasteiger partial charge in [-0.05, 0) is 64.1 Å². The SMILES string of the molecule is CC(C)c1cc(B2OC(C)(C)C(C)(C)O2)cc(C2CCOCC2)n1. The van der Waals surface area contributed by atoms with E-state index < -0.39 is 0 Å². The molecular formula is C19H30BNO3. The Bertz CT molecular complexity index is 578. The normalized spacial score (nSPS) is 23.9. The maximum absolute atomic E-state index is 6.25. The van der Waals surface area contributed by atoms with Crippen LogP contribution in [0.3, 0.4) is 0 Å². The first-order chi connectivity index (χ1) is 11.2. The summed E-state index contributed by atoms with van der Waals surface area (Å²) >= 11 is 0. The molecule has 24 heavy (non-hydrogen) atoms. The van der Waals surface area contributed by atoms with Crippen molar-refractivity contribution >= 4 is 12.6 Å². The van der Waals surface area contributed by atoms with E-state index in [0.29, 0.717) is 11.8 Å². The van der Waals surface area contributed by atoms with Crippen LogP contribution in [0.4, 0.5) is 0 Å². The van der Waals surface area contributed by atoms with Gasteiger partial charge in [0.1, 0.15) is 0 Å². The van der Waals surface area contributed by atoms with Crippen LogP contribution in [-0.2, 0) is 14.0 Å². The minimum Gasteiger partial charge on any atom is -0.399 e. The Balaban J connectivity index is 1.94. The third kappa shape index (κ3) is 3.39. The summed E-state index contributed by atoms with van der Waals surface area (Å²) < 4.78 is 18.0. The van der Waals surface area contributed by atoms with Crippen LogP contribution < -0.4 is 5.46 Å². The lowest BCUT2D eigenvalue weighted by Gasteiger charge is -2.32. The molecule has 2 aliphatic heterocycles. The number of nitrogens with zero attached hydrogens (tertiary/aromatic N) is 1. The lowest BCUT2D eigenvalue weighted by atomic mass is 9.77. The van der Waals surface area contributed by atoms with Crippen LogP contribution in [0, 0.1) is 0 Å². The number of hydrogen-bond donors (Lipinski definition) is 0. The van der Waals surface area contributed by atoms with Crippen LogP contribution in [0.25, 0.3) is 0 Å². The number of pyridine rings is 1. The summed E-state index contributed by atoms with van der Waals surface area (Å²) in [7, 11) is -0.325. The van der Waals surface area contributed by atoms with Crippen LogP contribution in [0.15, 0.2) is 12.1 Å². The molecule has 0 N–H and O–H groups in total. The van der Waals surface area contributed by atoms with Crippen molar-refractivity contribution in [3.8, 4) is 0 Å². The van der Waals surface area contributed by atoms with Crippen molar-refractivity contribution in [3.05, 3.63) is 23.5 Å². The molecule has 0 radical (unpaired) electrons. The lowest BCUT2D eigenvalue weighted by molar-refractivity contribution is 0.00578. The summed E-state index contributed by atoms with van der Waals surface area (Å²) in [5.41, 5.74) is 2.72. The van der Waals surface area contributed by atoms with Crippen molar-refractivity contribution in [1.82, 2.24) is 4.98 Å². The molecular weight excluding hydrogens is 301 g/mol. The fourth-order valence-corrected chi connectivity index (χ4v) is 3.21. The highest BCUT2D eigenvalue weighted by Gasteiger charge is 2.51. The molecule has 0 spiro atoms. The van der Waals surface area contributed by atoms with Gasteiger partial charge in [0.25, 0.3) is 0 Å². The average molecular weight is 331 g/mol. The van der Waals surface area contributed by atoms with Crippen molar-refractivity contribution < 1.29 is 14.0 Å². The van der Waals surface area contributed by atoms with E-state index in [4.69, 9.17) is 19.0 Å². The minimum atomic E-state index is -0.325.